The zero-order valence-electron chi connectivity index (χ0n) is 37.7. The van der Waals surface area contributed by atoms with E-state index in [4.69, 9.17) is 14.2 Å². The summed E-state index contributed by atoms with van der Waals surface area (Å²) in [6.07, 6.45) is -41.1. The van der Waals surface area contributed by atoms with Gasteiger partial charge in [0.05, 0.1) is 19.8 Å². The zero-order chi connectivity index (χ0) is 64.0. The number of alkyl halides is 40. The third kappa shape index (κ3) is 12.9. The molecule has 3 nitrogen and oxygen atoms in total. The Balaban J connectivity index is 3.58. The van der Waals surface area contributed by atoms with E-state index in [-0.39, 0.29) is 5.56 Å². The summed E-state index contributed by atoms with van der Waals surface area (Å²) in [5.41, 5.74) is -0.326. The van der Waals surface area contributed by atoms with Gasteiger partial charge in [-0.3, -0.25) is 0 Å². The third-order valence-electron chi connectivity index (χ3n) is 10.6. The molecule has 0 saturated heterocycles. The van der Waals surface area contributed by atoms with Crippen molar-refractivity contribution in [1.29, 1.82) is 0 Å². The highest BCUT2D eigenvalue weighted by Gasteiger charge is 2.93. The van der Waals surface area contributed by atoms with Gasteiger partial charge in [0.2, 0.25) is 5.75 Å². The summed E-state index contributed by atoms with van der Waals surface area (Å²) in [5, 5.41) is -0.539. The topological polar surface area (TPSA) is 27.7 Å². The number of ether oxygens (including phenoxy) is 3. The van der Waals surface area contributed by atoms with Gasteiger partial charge in [-0.1, -0.05) is 15.9 Å². The SMILES string of the molecule is FC(F)(F)C(F)(F)C(F)(F)C(F)(F)C(F)(F)C(F)(F)CCCCOc1cc(CBr)cc(OCCCCC(F)(F)C(F)(F)C(F)(F)C(F)(F)C(F)(F)C(F)(F)F)c1OCCCCC(F)(F)C(F)(F)C(F)(F)C(F)(F)C(F)(F)C(F)(F)F. The Morgan fingerprint density at radius 1 is 0.263 bits per heavy atom. The van der Waals surface area contributed by atoms with Crippen LogP contribution >= 0.6 is 15.9 Å². The molecule has 0 unspecified atom stereocenters. The summed E-state index contributed by atoms with van der Waals surface area (Å²) in [6.45, 7) is -4.17. The first kappa shape index (κ1) is 74.4. The molecule has 1 rings (SSSR count). The fraction of sp³-hybridized carbons (Fsp3) is 0.838. The van der Waals surface area contributed by atoms with Crippen LogP contribution in [0, 0.1) is 0 Å². The molecule has 0 fully saturated rings. The largest absolute Gasteiger partial charge is 0.490 e. The Morgan fingerprint density at radius 3 is 0.662 bits per heavy atom. The van der Waals surface area contributed by atoms with E-state index in [1.807, 2.05) is 0 Å². The molecule has 0 spiro atoms. The highest BCUT2D eigenvalue weighted by Crippen LogP contribution is 2.64. The van der Waals surface area contributed by atoms with Crippen molar-refractivity contribution in [1.82, 2.24) is 0 Å². The number of benzene rings is 1. The lowest BCUT2D eigenvalue weighted by Crippen LogP contribution is -2.70. The summed E-state index contributed by atoms with van der Waals surface area (Å²) in [7, 11) is 0. The Hall–Kier alpha value is -3.63. The molecule has 0 aromatic heterocycles. The lowest BCUT2D eigenvalue weighted by atomic mass is 9.92. The summed E-state index contributed by atoms with van der Waals surface area (Å²) in [4.78, 5) is 0. The number of hydrogen-bond donors (Lipinski definition) is 0. The minimum Gasteiger partial charge on any atom is -0.490 e. The van der Waals surface area contributed by atoms with Crippen LogP contribution in [-0.2, 0) is 5.33 Å². The minimum absolute atomic E-state index is 0.326. The van der Waals surface area contributed by atoms with Crippen LogP contribution in [0.3, 0.4) is 0 Å². The number of unbranched alkanes of at least 4 members (excludes halogenated alkanes) is 3. The molecule has 0 aliphatic heterocycles. The predicted octanol–water partition coefficient (Wildman–Crippen LogP) is 18.4. The molecule has 0 bridgehead atoms. The predicted molar refractivity (Wildman–Crippen MR) is 189 cm³/mol. The fourth-order valence-electron chi connectivity index (χ4n) is 5.83. The molecule has 0 aliphatic carbocycles. The van der Waals surface area contributed by atoms with Crippen molar-refractivity contribution < 1.29 is 185 Å². The molecule has 1 aromatic rings. The van der Waals surface area contributed by atoms with E-state index in [1.165, 1.54) is 0 Å². The summed E-state index contributed by atoms with van der Waals surface area (Å²) in [6, 6.07) is 1.25. The maximum absolute atomic E-state index is 14.3. The second kappa shape index (κ2) is 23.1. The lowest BCUT2D eigenvalue weighted by molar-refractivity contribution is -0.440. The number of hydrogen-bond acceptors (Lipinski definition) is 3. The van der Waals surface area contributed by atoms with Crippen molar-refractivity contribution in [2.75, 3.05) is 19.8 Å². The van der Waals surface area contributed by atoms with Gasteiger partial charge >= 0.3 is 107 Å². The summed E-state index contributed by atoms with van der Waals surface area (Å²) in [5.74, 6) is -121. The Morgan fingerprint density at radius 2 is 0.463 bits per heavy atom. The first-order valence-electron chi connectivity index (χ1n) is 20.4. The quantitative estimate of drug-likeness (QED) is 0.0421. The second-order valence-electron chi connectivity index (χ2n) is 16.5. The zero-order valence-corrected chi connectivity index (χ0v) is 39.3. The first-order chi connectivity index (χ1) is 35.0. The van der Waals surface area contributed by atoms with Crippen molar-refractivity contribution in [2.45, 2.75) is 170 Å². The van der Waals surface area contributed by atoms with E-state index in [9.17, 15) is 171 Å². The van der Waals surface area contributed by atoms with E-state index >= 15 is 0 Å². The van der Waals surface area contributed by atoms with Gasteiger partial charge < -0.3 is 14.2 Å². The highest BCUT2D eigenvalue weighted by molar-refractivity contribution is 9.08. The van der Waals surface area contributed by atoms with Crippen molar-refractivity contribution in [2.24, 2.45) is 0 Å². The lowest BCUT2D eigenvalue weighted by Gasteiger charge is -2.39. The van der Waals surface area contributed by atoms with Gasteiger partial charge in [0.1, 0.15) is 0 Å². The third-order valence-corrected chi connectivity index (χ3v) is 11.3. The van der Waals surface area contributed by atoms with E-state index in [2.05, 4.69) is 15.9 Å². The molecule has 43 heteroatoms. The van der Waals surface area contributed by atoms with Gasteiger partial charge in [-0.2, -0.15) is 171 Å². The molecule has 0 atom stereocenters. The van der Waals surface area contributed by atoms with Crippen LogP contribution in [0.5, 0.6) is 17.2 Å². The van der Waals surface area contributed by atoms with Crippen LogP contribution in [0.1, 0.15) is 63.4 Å². The van der Waals surface area contributed by atoms with Crippen LogP contribution < -0.4 is 14.2 Å². The molecule has 0 amide bonds. The molecule has 1 aromatic carbocycles. The van der Waals surface area contributed by atoms with Crippen molar-refractivity contribution in [3.8, 4) is 17.2 Å². The average molecular weight is 1340 g/mol. The highest BCUT2D eigenvalue weighted by atomic mass is 79.9. The Labute approximate surface area is 426 Å². The Bertz CT molecular complexity index is 2090. The van der Waals surface area contributed by atoms with Crippen LogP contribution in [0.4, 0.5) is 171 Å². The number of rotatable bonds is 31. The van der Waals surface area contributed by atoms with Gasteiger partial charge in [-0.05, 0) is 56.2 Å². The van der Waals surface area contributed by atoms with E-state index < -0.39 is 208 Å². The van der Waals surface area contributed by atoms with E-state index in [0.717, 1.165) is 0 Å². The van der Waals surface area contributed by atoms with Crippen molar-refractivity contribution >= 4 is 15.9 Å². The minimum atomic E-state index is -8.32. The standard InChI is InChI=1S/C37H28BrF39O3/c38-15-16-13-17(78-10-4-1-7-20(39,40)23(45,46)26(51,52)29(57,58)32(63,64)35(69,70)71)19(80-12-6-3-9-22(43,44)25(49,50)28(55,56)31(61,62)34(67,68)37(75,76)77)18(14-16)79-11-5-2-8-21(41,42)24(47,48)27(53,54)30(59,60)33(65,66)36(72,73)74/h13-14H,1-12,15H2. The van der Waals surface area contributed by atoms with Crippen LogP contribution in [0.2, 0.25) is 0 Å². The van der Waals surface area contributed by atoms with Gasteiger partial charge in [0.25, 0.3) is 0 Å². The maximum Gasteiger partial charge on any atom is 0.460 e. The Kier molecular flexibility index (Phi) is 21.5. The normalized spacial score (nSPS) is 15.7. The van der Waals surface area contributed by atoms with Crippen LogP contribution in [0.25, 0.3) is 0 Å². The van der Waals surface area contributed by atoms with Gasteiger partial charge in [-0.25, -0.2) is 0 Å². The fourth-order valence-corrected chi connectivity index (χ4v) is 6.15. The van der Waals surface area contributed by atoms with Gasteiger partial charge in [-0.15, -0.1) is 0 Å². The monoisotopic (exact) mass is 1340 g/mol. The molecule has 474 valence electrons. The van der Waals surface area contributed by atoms with E-state index in [1.54, 1.807) is 0 Å². The molecule has 0 heterocycles. The van der Waals surface area contributed by atoms with Gasteiger partial charge in [0, 0.05) is 24.6 Å². The van der Waals surface area contributed by atoms with Crippen LogP contribution in [-0.4, -0.2) is 127 Å². The molecular weight excluding hydrogens is 1310 g/mol. The average Bonchev–Trinajstić information content (AvgIpc) is 3.26. The van der Waals surface area contributed by atoms with E-state index in [0.29, 0.717) is 12.1 Å². The maximum atomic E-state index is 14.3. The van der Waals surface area contributed by atoms with Crippen molar-refractivity contribution in [3.05, 3.63) is 17.7 Å². The first-order valence-corrected chi connectivity index (χ1v) is 21.6. The summed E-state index contributed by atoms with van der Waals surface area (Å²) < 4.78 is 541. The molecular formula is C37H28BrF39O3. The molecule has 0 aliphatic rings. The van der Waals surface area contributed by atoms with Crippen molar-refractivity contribution in [3.63, 3.8) is 0 Å². The smallest absolute Gasteiger partial charge is 0.460 e. The molecule has 0 saturated carbocycles. The van der Waals surface area contributed by atoms with Gasteiger partial charge in [0.15, 0.2) is 11.5 Å². The summed E-state index contributed by atoms with van der Waals surface area (Å²) >= 11 is 2.74. The molecule has 80 heavy (non-hydrogen) atoms. The second-order valence-corrected chi connectivity index (χ2v) is 17.0. The molecule has 0 radical (unpaired) electrons. The van der Waals surface area contributed by atoms with Crippen LogP contribution in [0.15, 0.2) is 12.1 Å². The molecule has 0 N–H and O–H groups in total. The number of halogens is 40.